The van der Waals surface area contributed by atoms with Crippen LogP contribution in [-0.2, 0) is 9.84 Å². The van der Waals surface area contributed by atoms with Crippen molar-refractivity contribution in [3.8, 4) is 0 Å². The van der Waals surface area contributed by atoms with Crippen molar-refractivity contribution in [1.29, 1.82) is 0 Å². The van der Waals surface area contributed by atoms with Gasteiger partial charge in [-0.05, 0) is 12.1 Å². The van der Waals surface area contributed by atoms with Gasteiger partial charge in [0.15, 0.2) is 5.55 Å². The van der Waals surface area contributed by atoms with Crippen LogP contribution in [0.25, 0.3) is 0 Å². The molecule has 0 amide bonds. The molecule has 11 heavy (non-hydrogen) atoms. The Kier molecular flexibility index (Phi) is 1.14. The molecular formula is C7H4NO2S. The third-order valence-corrected chi connectivity index (χ3v) is 2.70. The number of benzene rings is 1. The summed E-state index contributed by atoms with van der Waals surface area (Å²) < 4.78 is 22.1. The molecule has 3 nitrogen and oxygen atoms in total. The highest BCUT2D eigenvalue weighted by atomic mass is 32.2. The summed E-state index contributed by atoms with van der Waals surface area (Å²) in [5, 5.41) is 0. The van der Waals surface area contributed by atoms with Gasteiger partial charge in [0.2, 0.25) is 9.84 Å². The number of sulfone groups is 1. The van der Waals surface area contributed by atoms with E-state index >= 15 is 0 Å². The van der Waals surface area contributed by atoms with E-state index in [4.69, 9.17) is 0 Å². The Morgan fingerprint density at radius 3 is 2.73 bits per heavy atom. The molecule has 0 bridgehead atoms. The van der Waals surface area contributed by atoms with Crippen LogP contribution in [-0.4, -0.2) is 14.0 Å². The molecule has 1 radical (unpaired) electrons. The number of hydrogen-bond acceptors (Lipinski definition) is 3. The molecule has 2 rings (SSSR count). The molecule has 0 aromatic heterocycles. The topological polar surface area (TPSA) is 46.5 Å². The van der Waals surface area contributed by atoms with E-state index in [0.29, 0.717) is 5.69 Å². The summed E-state index contributed by atoms with van der Waals surface area (Å²) in [7, 11) is -3.32. The number of para-hydroxylation sites is 1. The van der Waals surface area contributed by atoms with Crippen LogP contribution in [0.1, 0.15) is 0 Å². The van der Waals surface area contributed by atoms with Crippen molar-refractivity contribution in [3.63, 3.8) is 0 Å². The molecule has 1 aromatic rings. The fourth-order valence-corrected chi connectivity index (χ4v) is 1.90. The molecule has 4 heteroatoms. The highest BCUT2D eigenvalue weighted by Crippen LogP contribution is 2.28. The second-order valence-electron chi connectivity index (χ2n) is 2.17. The van der Waals surface area contributed by atoms with Gasteiger partial charge in [-0.2, -0.15) is 0 Å². The van der Waals surface area contributed by atoms with Crippen LogP contribution in [0.5, 0.6) is 0 Å². The van der Waals surface area contributed by atoms with Gasteiger partial charge in [-0.25, -0.2) is 13.4 Å². The fourth-order valence-electron chi connectivity index (χ4n) is 0.935. The zero-order chi connectivity index (χ0) is 7.90. The van der Waals surface area contributed by atoms with Gasteiger partial charge in [0.1, 0.15) is 0 Å². The van der Waals surface area contributed by atoms with E-state index < -0.39 is 9.84 Å². The molecule has 0 atom stereocenters. The van der Waals surface area contributed by atoms with E-state index in [0.717, 1.165) is 0 Å². The molecule has 0 saturated heterocycles. The number of nitrogens with zero attached hydrogens (tertiary/aromatic N) is 1. The van der Waals surface area contributed by atoms with Gasteiger partial charge < -0.3 is 0 Å². The Hall–Kier alpha value is -1.16. The summed E-state index contributed by atoms with van der Waals surface area (Å²) in [5.41, 5.74) is 2.54. The second kappa shape index (κ2) is 1.92. The fraction of sp³-hybridized carbons (Fsp3) is 0. The first kappa shape index (κ1) is 6.54. The van der Waals surface area contributed by atoms with Crippen LogP contribution < -0.4 is 0 Å². The van der Waals surface area contributed by atoms with Crippen molar-refractivity contribution in [2.75, 3.05) is 0 Å². The molecule has 0 saturated carbocycles. The van der Waals surface area contributed by atoms with Gasteiger partial charge in [0, 0.05) is 0 Å². The molecule has 1 aliphatic rings. The summed E-state index contributed by atoms with van der Waals surface area (Å²) in [6.45, 7) is 0. The third-order valence-electron chi connectivity index (χ3n) is 1.44. The van der Waals surface area contributed by atoms with Gasteiger partial charge in [0.25, 0.3) is 0 Å². The molecule has 1 aromatic carbocycles. The summed E-state index contributed by atoms with van der Waals surface area (Å²) in [6.07, 6.45) is 0. The molecule has 1 aliphatic heterocycles. The lowest BCUT2D eigenvalue weighted by atomic mass is 10.3. The van der Waals surface area contributed by atoms with Crippen molar-refractivity contribution in [2.24, 2.45) is 4.99 Å². The number of hydrogen-bond donors (Lipinski definition) is 0. The highest BCUT2D eigenvalue weighted by molar-refractivity contribution is 8.05. The Morgan fingerprint density at radius 1 is 1.27 bits per heavy atom. The molecule has 0 fully saturated rings. The molecular weight excluding hydrogens is 162 g/mol. The summed E-state index contributed by atoms with van der Waals surface area (Å²) in [5.74, 6) is 0. The van der Waals surface area contributed by atoms with Crippen molar-refractivity contribution in [1.82, 2.24) is 0 Å². The van der Waals surface area contributed by atoms with Crippen molar-refractivity contribution in [3.05, 3.63) is 24.3 Å². The van der Waals surface area contributed by atoms with Crippen molar-refractivity contribution < 1.29 is 8.42 Å². The van der Waals surface area contributed by atoms with Crippen LogP contribution in [0.2, 0.25) is 0 Å². The smallest absolute Gasteiger partial charge is 0.228 e. The predicted octanol–water partition coefficient (Wildman–Crippen LogP) is 1.01. The maximum absolute atomic E-state index is 11.0. The van der Waals surface area contributed by atoms with Crippen LogP contribution in [0, 0.1) is 0 Å². The van der Waals surface area contributed by atoms with Crippen LogP contribution in [0.15, 0.2) is 34.2 Å². The minimum absolute atomic E-state index is 0.250. The minimum atomic E-state index is -3.32. The predicted molar refractivity (Wildman–Crippen MR) is 40.7 cm³/mol. The van der Waals surface area contributed by atoms with Gasteiger partial charge in [0.05, 0.1) is 10.6 Å². The van der Waals surface area contributed by atoms with E-state index in [1.165, 1.54) is 6.07 Å². The standard InChI is InChI=1S/C7H4NO2S/c9-11(10)5-8-6-3-1-2-4-7(6)11/h1-4H. The Bertz CT molecular complexity index is 420. The van der Waals surface area contributed by atoms with E-state index in [-0.39, 0.29) is 4.90 Å². The monoisotopic (exact) mass is 166 g/mol. The number of fused-ring (bicyclic) bond motifs is 1. The van der Waals surface area contributed by atoms with Crippen LogP contribution >= 0.6 is 0 Å². The van der Waals surface area contributed by atoms with Gasteiger partial charge in [-0.15, -0.1) is 0 Å². The van der Waals surface area contributed by atoms with Gasteiger partial charge in [-0.1, -0.05) is 12.1 Å². The molecule has 1 heterocycles. The van der Waals surface area contributed by atoms with E-state index in [1.54, 1.807) is 18.2 Å². The highest BCUT2D eigenvalue weighted by Gasteiger charge is 2.21. The maximum Gasteiger partial charge on any atom is 0.228 e. The molecule has 0 spiro atoms. The van der Waals surface area contributed by atoms with E-state index in [1.807, 2.05) is 0 Å². The summed E-state index contributed by atoms with van der Waals surface area (Å²) >= 11 is 0. The number of rotatable bonds is 0. The average molecular weight is 166 g/mol. The Balaban J connectivity index is 2.84. The third kappa shape index (κ3) is 0.867. The average Bonchev–Trinajstić information content (AvgIpc) is 2.29. The first-order chi connectivity index (χ1) is 5.20. The molecule has 55 valence electrons. The first-order valence-electron chi connectivity index (χ1n) is 3.02. The second-order valence-corrected chi connectivity index (χ2v) is 3.80. The first-order valence-corrected chi connectivity index (χ1v) is 4.50. The van der Waals surface area contributed by atoms with Gasteiger partial charge >= 0.3 is 0 Å². The summed E-state index contributed by atoms with van der Waals surface area (Å²) in [6, 6.07) is 6.57. The Labute approximate surface area is 64.3 Å². The largest absolute Gasteiger partial charge is 0.232 e. The maximum atomic E-state index is 11.0. The normalized spacial score (nSPS) is 18.2. The zero-order valence-corrected chi connectivity index (χ0v) is 6.30. The lowest BCUT2D eigenvalue weighted by molar-refractivity contribution is 0.609. The summed E-state index contributed by atoms with van der Waals surface area (Å²) in [4.78, 5) is 3.86. The number of aliphatic imine (C=N–C) groups is 1. The van der Waals surface area contributed by atoms with Gasteiger partial charge in [-0.3, -0.25) is 0 Å². The zero-order valence-electron chi connectivity index (χ0n) is 5.48. The van der Waals surface area contributed by atoms with Crippen molar-refractivity contribution >= 4 is 21.1 Å². The molecule has 0 unspecified atom stereocenters. The van der Waals surface area contributed by atoms with E-state index in [9.17, 15) is 8.42 Å². The molecule has 0 aliphatic carbocycles. The molecule has 0 N–H and O–H groups in total. The van der Waals surface area contributed by atoms with Crippen LogP contribution in [0.3, 0.4) is 0 Å². The lowest BCUT2D eigenvalue weighted by Gasteiger charge is -1.91. The lowest BCUT2D eigenvalue weighted by Crippen LogP contribution is -1.95. The van der Waals surface area contributed by atoms with Crippen molar-refractivity contribution in [2.45, 2.75) is 4.90 Å². The van der Waals surface area contributed by atoms with E-state index in [2.05, 4.69) is 10.5 Å². The SMILES string of the molecule is O=S1(=O)[C]=Nc2ccccc21. The van der Waals surface area contributed by atoms with Crippen LogP contribution in [0.4, 0.5) is 5.69 Å². The quantitative estimate of drug-likeness (QED) is 0.577. The minimum Gasteiger partial charge on any atom is -0.232 e. The Morgan fingerprint density at radius 2 is 2.00 bits per heavy atom.